The fourth-order valence-electron chi connectivity index (χ4n) is 1.87. The third kappa shape index (κ3) is 1.65. The Labute approximate surface area is 88.7 Å². The first-order valence-corrected chi connectivity index (χ1v) is 5.07. The van der Waals surface area contributed by atoms with E-state index in [2.05, 4.69) is 9.97 Å². The first-order chi connectivity index (χ1) is 7.20. The Kier molecular flexibility index (Phi) is 2.52. The van der Waals surface area contributed by atoms with Crippen LogP contribution in [-0.2, 0) is 10.3 Å². The molecule has 0 amide bonds. The minimum atomic E-state index is -0.343. The van der Waals surface area contributed by atoms with E-state index in [1.54, 1.807) is 13.2 Å². The molecule has 0 atom stereocenters. The number of aryl methyl sites for hydroxylation is 1. The van der Waals surface area contributed by atoms with Gasteiger partial charge in [0.1, 0.15) is 11.3 Å². The number of aldehydes is 1. The van der Waals surface area contributed by atoms with Gasteiger partial charge in [-0.25, -0.2) is 9.97 Å². The zero-order valence-electron chi connectivity index (χ0n) is 8.99. The van der Waals surface area contributed by atoms with Crippen molar-refractivity contribution in [2.24, 2.45) is 0 Å². The standard InChI is InChI=1S/C11H14N2O2/c1-8-6-9(7-14)13-10(12-8)11(15-2)4-3-5-11/h6-7H,3-5H2,1-2H3. The largest absolute Gasteiger partial charge is 0.370 e. The van der Waals surface area contributed by atoms with E-state index in [-0.39, 0.29) is 5.60 Å². The van der Waals surface area contributed by atoms with E-state index in [0.29, 0.717) is 11.5 Å². The van der Waals surface area contributed by atoms with E-state index < -0.39 is 0 Å². The number of aromatic nitrogens is 2. The van der Waals surface area contributed by atoms with Crippen molar-refractivity contribution >= 4 is 6.29 Å². The smallest absolute Gasteiger partial charge is 0.168 e. The summed E-state index contributed by atoms with van der Waals surface area (Å²) in [6.07, 6.45) is 3.75. The Morgan fingerprint density at radius 3 is 2.67 bits per heavy atom. The molecule has 0 saturated heterocycles. The average molecular weight is 206 g/mol. The lowest BCUT2D eigenvalue weighted by Gasteiger charge is -2.38. The normalized spacial score (nSPS) is 18.3. The highest BCUT2D eigenvalue weighted by atomic mass is 16.5. The molecule has 1 saturated carbocycles. The zero-order valence-corrected chi connectivity index (χ0v) is 8.99. The minimum Gasteiger partial charge on any atom is -0.370 e. The number of carbonyl (C=O) groups is 1. The lowest BCUT2D eigenvalue weighted by Crippen LogP contribution is -2.38. The van der Waals surface area contributed by atoms with Gasteiger partial charge in [-0.05, 0) is 32.3 Å². The molecule has 1 fully saturated rings. The summed E-state index contributed by atoms with van der Waals surface area (Å²) in [5.41, 5.74) is 0.898. The van der Waals surface area contributed by atoms with Gasteiger partial charge in [0.25, 0.3) is 0 Å². The van der Waals surface area contributed by atoms with Gasteiger partial charge in [0.15, 0.2) is 12.1 Å². The number of ether oxygens (including phenoxy) is 1. The van der Waals surface area contributed by atoms with Crippen LogP contribution in [0.15, 0.2) is 6.07 Å². The van der Waals surface area contributed by atoms with Crippen LogP contribution < -0.4 is 0 Å². The molecular weight excluding hydrogens is 192 g/mol. The van der Waals surface area contributed by atoms with Crippen LogP contribution in [0.25, 0.3) is 0 Å². The molecular formula is C11H14N2O2. The molecule has 1 aliphatic rings. The van der Waals surface area contributed by atoms with Crippen LogP contribution in [0.5, 0.6) is 0 Å². The molecule has 4 nitrogen and oxygen atoms in total. The van der Waals surface area contributed by atoms with Gasteiger partial charge in [-0.15, -0.1) is 0 Å². The fourth-order valence-corrected chi connectivity index (χ4v) is 1.87. The highest BCUT2D eigenvalue weighted by Crippen LogP contribution is 2.42. The van der Waals surface area contributed by atoms with Gasteiger partial charge in [0.2, 0.25) is 0 Å². The van der Waals surface area contributed by atoms with E-state index in [0.717, 1.165) is 31.2 Å². The molecule has 4 heteroatoms. The van der Waals surface area contributed by atoms with Crippen LogP contribution in [0.2, 0.25) is 0 Å². The highest BCUT2D eigenvalue weighted by molar-refractivity contribution is 5.71. The third-order valence-corrected chi connectivity index (χ3v) is 2.95. The molecule has 1 heterocycles. The van der Waals surface area contributed by atoms with E-state index in [1.165, 1.54) is 0 Å². The van der Waals surface area contributed by atoms with Crippen molar-refractivity contribution in [3.05, 3.63) is 23.3 Å². The van der Waals surface area contributed by atoms with Crippen molar-refractivity contribution in [1.29, 1.82) is 0 Å². The van der Waals surface area contributed by atoms with Crippen molar-refractivity contribution in [1.82, 2.24) is 9.97 Å². The van der Waals surface area contributed by atoms with Crippen molar-refractivity contribution in [2.45, 2.75) is 31.8 Å². The van der Waals surface area contributed by atoms with Crippen molar-refractivity contribution < 1.29 is 9.53 Å². The summed E-state index contributed by atoms with van der Waals surface area (Å²) in [6.45, 7) is 1.86. The van der Waals surface area contributed by atoms with Gasteiger partial charge in [-0.2, -0.15) is 0 Å². The quantitative estimate of drug-likeness (QED) is 0.705. The number of nitrogens with zero attached hydrogens (tertiary/aromatic N) is 2. The van der Waals surface area contributed by atoms with Crippen LogP contribution in [0, 0.1) is 6.92 Å². The Balaban J connectivity index is 2.42. The van der Waals surface area contributed by atoms with Crippen LogP contribution in [0.3, 0.4) is 0 Å². The maximum Gasteiger partial charge on any atom is 0.168 e. The molecule has 0 spiro atoms. The third-order valence-electron chi connectivity index (χ3n) is 2.95. The van der Waals surface area contributed by atoms with Crippen molar-refractivity contribution in [3.8, 4) is 0 Å². The summed E-state index contributed by atoms with van der Waals surface area (Å²) in [5, 5.41) is 0. The average Bonchev–Trinajstić information content (AvgIpc) is 2.16. The first kappa shape index (κ1) is 10.2. The van der Waals surface area contributed by atoms with Crippen LogP contribution in [-0.4, -0.2) is 23.4 Å². The number of carbonyl (C=O) groups excluding carboxylic acids is 1. The van der Waals surface area contributed by atoms with Gasteiger partial charge >= 0.3 is 0 Å². The molecule has 0 aliphatic heterocycles. The SMILES string of the molecule is COC1(c2nc(C)cc(C=O)n2)CCC1. The lowest BCUT2D eigenvalue weighted by atomic mass is 9.79. The fraction of sp³-hybridized carbons (Fsp3) is 0.545. The predicted octanol–water partition coefficient (Wildman–Crippen LogP) is 1.62. The molecule has 0 bridgehead atoms. The van der Waals surface area contributed by atoms with Crippen LogP contribution in [0.4, 0.5) is 0 Å². The molecule has 1 aliphatic carbocycles. The minimum absolute atomic E-state index is 0.343. The molecule has 1 aromatic rings. The molecule has 1 aromatic heterocycles. The Morgan fingerprint density at radius 2 is 2.20 bits per heavy atom. The molecule has 0 aromatic carbocycles. The van der Waals surface area contributed by atoms with E-state index in [4.69, 9.17) is 4.74 Å². The lowest BCUT2D eigenvalue weighted by molar-refractivity contribution is -0.0848. The molecule has 2 rings (SSSR count). The van der Waals surface area contributed by atoms with Gasteiger partial charge < -0.3 is 4.74 Å². The number of rotatable bonds is 3. The molecule has 0 radical (unpaired) electrons. The van der Waals surface area contributed by atoms with Crippen LogP contribution >= 0.6 is 0 Å². The Morgan fingerprint density at radius 1 is 1.47 bits per heavy atom. The monoisotopic (exact) mass is 206 g/mol. The van der Waals surface area contributed by atoms with Crippen molar-refractivity contribution in [3.63, 3.8) is 0 Å². The second kappa shape index (κ2) is 3.70. The van der Waals surface area contributed by atoms with Gasteiger partial charge in [-0.1, -0.05) is 0 Å². The van der Waals surface area contributed by atoms with Gasteiger partial charge in [0.05, 0.1) is 0 Å². The summed E-state index contributed by atoms with van der Waals surface area (Å²) < 4.78 is 5.47. The summed E-state index contributed by atoms with van der Waals surface area (Å²) >= 11 is 0. The molecule has 80 valence electrons. The molecule has 0 N–H and O–H groups in total. The highest BCUT2D eigenvalue weighted by Gasteiger charge is 2.41. The molecule has 15 heavy (non-hydrogen) atoms. The first-order valence-electron chi connectivity index (χ1n) is 5.07. The van der Waals surface area contributed by atoms with Crippen molar-refractivity contribution in [2.75, 3.05) is 7.11 Å². The summed E-state index contributed by atoms with van der Waals surface area (Å²) in [7, 11) is 1.67. The summed E-state index contributed by atoms with van der Waals surface area (Å²) in [6, 6.07) is 1.68. The number of hydrogen-bond acceptors (Lipinski definition) is 4. The topological polar surface area (TPSA) is 52.1 Å². The zero-order chi connectivity index (χ0) is 10.9. The maximum absolute atomic E-state index is 10.7. The van der Waals surface area contributed by atoms with Gasteiger partial charge in [0, 0.05) is 12.8 Å². The van der Waals surface area contributed by atoms with E-state index in [9.17, 15) is 4.79 Å². The second-order valence-electron chi connectivity index (χ2n) is 3.93. The second-order valence-corrected chi connectivity index (χ2v) is 3.93. The Bertz CT molecular complexity index is 381. The number of methoxy groups -OCH3 is 1. The summed E-state index contributed by atoms with van der Waals surface area (Å²) in [4.78, 5) is 19.3. The predicted molar refractivity (Wildman–Crippen MR) is 54.7 cm³/mol. The van der Waals surface area contributed by atoms with E-state index in [1.807, 2.05) is 6.92 Å². The van der Waals surface area contributed by atoms with Crippen LogP contribution in [0.1, 0.15) is 41.3 Å². The van der Waals surface area contributed by atoms with E-state index >= 15 is 0 Å². The van der Waals surface area contributed by atoms with Gasteiger partial charge in [-0.3, -0.25) is 4.79 Å². The molecule has 0 unspecified atom stereocenters. The summed E-state index contributed by atoms with van der Waals surface area (Å²) in [5.74, 6) is 0.651. The Hall–Kier alpha value is -1.29. The maximum atomic E-state index is 10.7. The number of hydrogen-bond donors (Lipinski definition) is 0.